The Morgan fingerprint density at radius 1 is 1.00 bits per heavy atom. The second-order valence-electron chi connectivity index (χ2n) is 6.24. The van der Waals surface area contributed by atoms with Crippen LogP contribution in [0.15, 0.2) is 53.0 Å². The van der Waals surface area contributed by atoms with Crippen molar-refractivity contribution < 1.29 is 22.7 Å². The van der Waals surface area contributed by atoms with Crippen molar-refractivity contribution in [2.24, 2.45) is 0 Å². The predicted octanol–water partition coefficient (Wildman–Crippen LogP) is 3.86. The fraction of sp³-hybridized carbons (Fsp3) is 0.300. The molecule has 1 amide bonds. The van der Waals surface area contributed by atoms with Gasteiger partial charge < -0.3 is 10.1 Å². The molecule has 0 saturated heterocycles. The number of Topliss-reactive ketones (excluding diaryl/α,β-unsaturated/α-hetero) is 1. The normalized spacial score (nSPS) is 11.1. The number of hydrogen-bond donors (Lipinski definition) is 1. The summed E-state index contributed by atoms with van der Waals surface area (Å²) in [5.41, 5.74) is 0.744. The Bertz CT molecular complexity index is 909. The molecule has 0 bridgehead atoms. The van der Waals surface area contributed by atoms with Crippen LogP contribution in [0.2, 0.25) is 0 Å². The molecule has 0 saturated carbocycles. The number of rotatable bonds is 10. The molecule has 28 heavy (non-hydrogen) atoms. The lowest BCUT2D eigenvalue weighted by Crippen LogP contribution is -2.27. The highest BCUT2D eigenvalue weighted by atomic mass is 79.9. The average molecular weight is 468 g/mol. The Morgan fingerprint density at radius 2 is 1.64 bits per heavy atom. The van der Waals surface area contributed by atoms with Crippen LogP contribution in [0.1, 0.15) is 30.1 Å². The van der Waals surface area contributed by atoms with Gasteiger partial charge in [0.25, 0.3) is 0 Å². The van der Waals surface area contributed by atoms with Crippen molar-refractivity contribution in [3.8, 4) is 5.75 Å². The monoisotopic (exact) mass is 467 g/mol. The molecule has 0 aliphatic rings. The molecule has 2 aromatic rings. The maximum atomic E-state index is 12.2. The summed E-state index contributed by atoms with van der Waals surface area (Å²) in [6.07, 6.45) is 1.99. The van der Waals surface area contributed by atoms with Gasteiger partial charge >= 0.3 is 0 Å². The zero-order valence-corrected chi connectivity index (χ0v) is 17.9. The van der Waals surface area contributed by atoms with E-state index in [2.05, 4.69) is 28.2 Å². The highest BCUT2D eigenvalue weighted by molar-refractivity contribution is 9.10. The molecule has 0 aliphatic heterocycles. The first-order valence-electron chi connectivity index (χ1n) is 8.81. The van der Waals surface area contributed by atoms with Gasteiger partial charge in [0.15, 0.2) is 15.6 Å². The van der Waals surface area contributed by atoms with Crippen LogP contribution >= 0.6 is 15.9 Å². The molecular weight excluding hydrogens is 446 g/mol. The maximum Gasteiger partial charge on any atom is 0.239 e. The van der Waals surface area contributed by atoms with E-state index in [4.69, 9.17) is 4.74 Å². The molecule has 0 aromatic heterocycles. The van der Waals surface area contributed by atoms with Crippen LogP contribution in [0.5, 0.6) is 5.75 Å². The van der Waals surface area contributed by atoms with Crippen LogP contribution < -0.4 is 10.1 Å². The van der Waals surface area contributed by atoms with Gasteiger partial charge in [-0.3, -0.25) is 9.59 Å². The predicted molar refractivity (Wildman–Crippen MR) is 113 cm³/mol. The highest BCUT2D eigenvalue weighted by Gasteiger charge is 2.21. The fourth-order valence-electron chi connectivity index (χ4n) is 2.34. The van der Waals surface area contributed by atoms with Crippen LogP contribution in [0.3, 0.4) is 0 Å². The fourth-order valence-corrected chi connectivity index (χ4v) is 3.74. The molecular formula is C20H22BrNO5S. The van der Waals surface area contributed by atoms with Gasteiger partial charge in [-0.2, -0.15) is 0 Å². The lowest BCUT2D eigenvalue weighted by atomic mass is 10.2. The molecule has 0 aliphatic carbocycles. The second kappa shape index (κ2) is 10.4. The Labute approximate surface area is 173 Å². The van der Waals surface area contributed by atoms with Gasteiger partial charge in [-0.15, -0.1) is 0 Å². The maximum absolute atomic E-state index is 12.2. The summed E-state index contributed by atoms with van der Waals surface area (Å²) in [5, 5.41) is 2.52. The van der Waals surface area contributed by atoms with E-state index in [0.717, 1.165) is 17.3 Å². The first-order chi connectivity index (χ1) is 13.3. The number of anilines is 1. The molecule has 0 unspecified atom stereocenters. The van der Waals surface area contributed by atoms with E-state index in [1.165, 1.54) is 12.1 Å². The number of nitrogens with one attached hydrogen (secondary N) is 1. The van der Waals surface area contributed by atoms with Gasteiger partial charge in [0.1, 0.15) is 17.3 Å². The van der Waals surface area contributed by atoms with E-state index >= 15 is 0 Å². The zero-order valence-electron chi connectivity index (χ0n) is 15.5. The average Bonchev–Trinajstić information content (AvgIpc) is 2.63. The summed E-state index contributed by atoms with van der Waals surface area (Å²) < 4.78 is 30.7. The number of ketones is 1. The summed E-state index contributed by atoms with van der Waals surface area (Å²) in [4.78, 5) is 24.2. The van der Waals surface area contributed by atoms with Crippen molar-refractivity contribution in [3.63, 3.8) is 0 Å². The van der Waals surface area contributed by atoms with Gasteiger partial charge in [-0.1, -0.05) is 41.4 Å². The number of ether oxygens (including phenoxy) is 1. The Kier molecular flexibility index (Phi) is 8.19. The van der Waals surface area contributed by atoms with E-state index in [1.54, 1.807) is 36.4 Å². The van der Waals surface area contributed by atoms with Gasteiger partial charge in [-0.05, 0) is 42.8 Å². The third kappa shape index (κ3) is 7.44. The van der Waals surface area contributed by atoms with Crippen LogP contribution in [-0.4, -0.2) is 38.2 Å². The van der Waals surface area contributed by atoms with Crippen molar-refractivity contribution in [2.45, 2.75) is 19.8 Å². The first-order valence-corrected chi connectivity index (χ1v) is 11.4. The number of amides is 1. The van der Waals surface area contributed by atoms with E-state index in [9.17, 15) is 18.0 Å². The van der Waals surface area contributed by atoms with Crippen LogP contribution in [0.25, 0.3) is 0 Å². The van der Waals surface area contributed by atoms with Gasteiger partial charge in [0.2, 0.25) is 5.91 Å². The minimum Gasteiger partial charge on any atom is -0.494 e. The topological polar surface area (TPSA) is 89.5 Å². The zero-order chi connectivity index (χ0) is 20.6. The lowest BCUT2D eigenvalue weighted by Gasteiger charge is -2.08. The Hall–Kier alpha value is -2.19. The second-order valence-corrected chi connectivity index (χ2v) is 9.22. The third-order valence-electron chi connectivity index (χ3n) is 3.77. The van der Waals surface area contributed by atoms with E-state index < -0.39 is 33.0 Å². The molecule has 2 aromatic carbocycles. The summed E-state index contributed by atoms with van der Waals surface area (Å²) >= 11 is 3.25. The number of halogens is 1. The number of sulfone groups is 1. The molecule has 150 valence electrons. The molecule has 8 heteroatoms. The molecule has 0 heterocycles. The van der Waals surface area contributed by atoms with Gasteiger partial charge in [-0.25, -0.2) is 8.42 Å². The minimum absolute atomic E-state index is 0.283. The molecule has 0 spiro atoms. The smallest absolute Gasteiger partial charge is 0.239 e. The minimum atomic E-state index is -3.88. The van der Waals surface area contributed by atoms with Crippen molar-refractivity contribution in [3.05, 3.63) is 58.6 Å². The Balaban J connectivity index is 1.88. The summed E-state index contributed by atoms with van der Waals surface area (Å²) in [7, 11) is -3.88. The summed E-state index contributed by atoms with van der Waals surface area (Å²) in [6, 6.07) is 13.1. The third-order valence-corrected chi connectivity index (χ3v) is 5.71. The van der Waals surface area contributed by atoms with Crippen molar-refractivity contribution in [1.82, 2.24) is 0 Å². The Morgan fingerprint density at radius 3 is 2.25 bits per heavy atom. The van der Waals surface area contributed by atoms with E-state index in [1.807, 2.05) is 0 Å². The van der Waals surface area contributed by atoms with Crippen molar-refractivity contribution in [1.29, 1.82) is 0 Å². The number of unbranched alkanes of at least 4 members (excludes halogenated alkanes) is 1. The standard InChI is InChI=1S/C20H22BrNO5S/c1-2-3-12-27-18-10-8-17(9-11-18)22-20(24)14-28(25,26)13-19(23)15-4-6-16(21)7-5-15/h4-11H,2-3,12-14H2,1H3,(H,22,24). The first kappa shape index (κ1) is 22.1. The molecule has 0 fully saturated rings. The summed E-state index contributed by atoms with van der Waals surface area (Å²) in [6.45, 7) is 2.69. The number of hydrogen-bond acceptors (Lipinski definition) is 5. The largest absolute Gasteiger partial charge is 0.494 e. The van der Waals surface area contributed by atoms with Crippen LogP contribution in [0.4, 0.5) is 5.69 Å². The number of carbonyl (C=O) groups excluding carboxylic acids is 2. The number of benzene rings is 2. The van der Waals surface area contributed by atoms with Crippen LogP contribution in [0, 0.1) is 0 Å². The number of carbonyl (C=O) groups is 2. The molecule has 1 N–H and O–H groups in total. The lowest BCUT2D eigenvalue weighted by molar-refractivity contribution is -0.113. The highest BCUT2D eigenvalue weighted by Crippen LogP contribution is 2.16. The molecule has 2 rings (SSSR count). The summed E-state index contributed by atoms with van der Waals surface area (Å²) in [5.74, 6) is -2.03. The van der Waals surface area contributed by atoms with Crippen molar-refractivity contribution >= 4 is 43.1 Å². The molecule has 0 radical (unpaired) electrons. The van der Waals surface area contributed by atoms with Crippen LogP contribution in [-0.2, 0) is 14.6 Å². The van der Waals surface area contributed by atoms with E-state index in [0.29, 0.717) is 18.0 Å². The van der Waals surface area contributed by atoms with E-state index in [-0.39, 0.29) is 5.56 Å². The SMILES string of the molecule is CCCCOc1ccc(NC(=O)CS(=O)(=O)CC(=O)c2ccc(Br)cc2)cc1. The molecule has 0 atom stereocenters. The van der Waals surface area contributed by atoms with Gasteiger partial charge in [0, 0.05) is 15.7 Å². The van der Waals surface area contributed by atoms with Gasteiger partial charge in [0.05, 0.1) is 6.61 Å². The molecule has 6 nitrogen and oxygen atoms in total. The quantitative estimate of drug-likeness (QED) is 0.423. The van der Waals surface area contributed by atoms with Crippen molar-refractivity contribution in [2.75, 3.05) is 23.4 Å².